The van der Waals surface area contributed by atoms with Crippen molar-refractivity contribution in [3.8, 4) is 0 Å². The zero-order valence-corrected chi connectivity index (χ0v) is 7.27. The van der Waals surface area contributed by atoms with Crippen molar-refractivity contribution in [3.05, 3.63) is 0 Å². The van der Waals surface area contributed by atoms with E-state index in [1.807, 2.05) is 0 Å². The van der Waals surface area contributed by atoms with E-state index >= 15 is 0 Å². The van der Waals surface area contributed by atoms with Crippen molar-refractivity contribution in [2.75, 3.05) is 0 Å². The molecule has 0 saturated carbocycles. The maximum absolute atomic E-state index is 8.61. The molecule has 0 atom stereocenters. The molecule has 0 heterocycles. The average Bonchev–Trinajstić information content (AvgIpc) is 0.722. The van der Waals surface area contributed by atoms with Gasteiger partial charge in [0.15, 0.2) is 0 Å². The summed E-state index contributed by atoms with van der Waals surface area (Å²) in [5, 5.41) is 0. The maximum atomic E-state index is 8.61. The van der Waals surface area contributed by atoms with Gasteiger partial charge in [-0.05, 0) is 0 Å². The van der Waals surface area contributed by atoms with Gasteiger partial charge in [-0.25, -0.2) is 0 Å². The Hall–Kier alpha value is 1.58. The molecular formula is AsO4Pm-3. The van der Waals surface area contributed by atoms with Crippen LogP contribution < -0.4 is 12.3 Å². The summed E-state index contributed by atoms with van der Waals surface area (Å²) in [5.41, 5.74) is 0. The van der Waals surface area contributed by atoms with Crippen LogP contribution in [-0.2, 0) is 3.74 Å². The quantitative estimate of drug-likeness (QED) is 0.423. The van der Waals surface area contributed by atoms with Gasteiger partial charge in [0.2, 0.25) is 0 Å². The van der Waals surface area contributed by atoms with Crippen molar-refractivity contribution in [1.82, 2.24) is 0 Å². The van der Waals surface area contributed by atoms with Gasteiger partial charge < -0.3 is 0 Å². The number of rotatable bonds is 0. The SMILES string of the molecule is O=[As]([O-])([O-])[O-].[Pm]. The minimum atomic E-state index is -5.88. The Morgan fingerprint density at radius 3 is 1.17 bits per heavy atom. The van der Waals surface area contributed by atoms with Crippen molar-refractivity contribution in [2.45, 2.75) is 0 Å². The van der Waals surface area contributed by atoms with Gasteiger partial charge in [0.25, 0.3) is 0 Å². The Balaban J connectivity index is 0. The molecule has 0 aliphatic rings. The summed E-state index contributed by atoms with van der Waals surface area (Å²) in [7, 11) is 0. The summed E-state index contributed by atoms with van der Waals surface area (Å²) in [4.78, 5) is 0. The molecule has 0 aromatic rings. The first-order valence-electron chi connectivity index (χ1n) is 0.730. The molecule has 1 radical (unpaired) electrons. The summed E-state index contributed by atoms with van der Waals surface area (Å²) in [5.74, 6) is 0. The Morgan fingerprint density at radius 1 is 1.17 bits per heavy atom. The Morgan fingerprint density at radius 2 is 1.17 bits per heavy atom. The van der Waals surface area contributed by atoms with E-state index in [0.717, 1.165) is 0 Å². The van der Waals surface area contributed by atoms with Gasteiger partial charge in [-0.1, -0.05) is 0 Å². The van der Waals surface area contributed by atoms with Gasteiger partial charge in [-0.2, -0.15) is 0 Å². The zero-order valence-electron chi connectivity index (χ0n) is 2.53. The van der Waals surface area contributed by atoms with Crippen LogP contribution >= 0.6 is 0 Å². The van der Waals surface area contributed by atoms with E-state index in [1.54, 1.807) is 0 Å². The van der Waals surface area contributed by atoms with E-state index < -0.39 is 14.5 Å². The fraction of sp³-hybridized carbons (Fsp3) is 0. The third kappa shape index (κ3) is 47.0. The predicted molar refractivity (Wildman–Crippen MR) is 6.44 cm³/mol. The Kier molecular flexibility index (Phi) is 6.26. The molecule has 0 saturated heterocycles. The molecule has 0 amide bonds. The van der Waals surface area contributed by atoms with Gasteiger partial charge >= 0.3 is 30.5 Å². The molecule has 0 aliphatic carbocycles. The van der Waals surface area contributed by atoms with Gasteiger partial charge in [-0.3, -0.25) is 0 Å². The number of hydrogen-bond acceptors (Lipinski definition) is 4. The standard InChI is InChI=1S/AsH3O4.Pm/c2-1(3,4)5;/h(H3,2,3,4,5);/p-3. The van der Waals surface area contributed by atoms with Crippen LogP contribution in [0.2, 0.25) is 0 Å². The largest absolute Gasteiger partial charge is 0 e. The second-order valence-electron chi connectivity index (χ2n) is 0.447. The van der Waals surface area contributed by atoms with Gasteiger partial charge in [0.1, 0.15) is 0 Å². The molecule has 0 N–H and O–H groups in total. The minimum Gasteiger partial charge on any atom is 0 e. The predicted octanol–water partition coefficient (Wildman–Crippen LogP) is -4.07. The molecule has 6 heteroatoms. The van der Waals surface area contributed by atoms with Crippen LogP contribution in [0.1, 0.15) is 0 Å². The second kappa shape index (κ2) is 3.56. The third-order valence-corrected chi connectivity index (χ3v) is 0. The molecule has 0 aromatic carbocycles. The summed E-state index contributed by atoms with van der Waals surface area (Å²) in [6, 6.07) is 0. The maximum Gasteiger partial charge on any atom is 0 e. The molecule has 0 fully saturated rings. The van der Waals surface area contributed by atoms with Gasteiger partial charge in [0, 0.05) is 40.4 Å². The number of hydrogen-bond donors (Lipinski definition) is 0. The van der Waals surface area contributed by atoms with Crippen molar-refractivity contribution in [2.24, 2.45) is 0 Å². The average molecular weight is 284 g/mol. The summed E-state index contributed by atoms with van der Waals surface area (Å²) in [6.07, 6.45) is 0. The normalized spacial score (nSPS) is 9.83. The van der Waals surface area contributed by atoms with Crippen LogP contribution in [-0.4, -0.2) is 14.5 Å². The van der Waals surface area contributed by atoms with E-state index in [1.165, 1.54) is 0 Å². The first-order chi connectivity index (χ1) is 2.00. The molecule has 4 nitrogen and oxygen atoms in total. The van der Waals surface area contributed by atoms with Crippen LogP contribution in [0.25, 0.3) is 0 Å². The molecule has 0 spiro atoms. The molecule has 0 aliphatic heterocycles. The fourth-order valence-electron chi connectivity index (χ4n) is 0. The summed E-state index contributed by atoms with van der Waals surface area (Å²) < 4.78 is 34.4. The minimum absolute atomic E-state index is 0. The van der Waals surface area contributed by atoms with Crippen LogP contribution in [0.4, 0.5) is 0 Å². The molecule has 37 valence electrons. The van der Waals surface area contributed by atoms with E-state index in [9.17, 15) is 0 Å². The van der Waals surface area contributed by atoms with Crippen LogP contribution in [0.15, 0.2) is 0 Å². The van der Waals surface area contributed by atoms with Gasteiger partial charge in [0.05, 0.1) is 0 Å². The molecule has 0 bridgehead atoms. The Bertz CT molecular complexity index is 53.7. The summed E-state index contributed by atoms with van der Waals surface area (Å²) in [6.45, 7) is 0. The third-order valence-electron chi connectivity index (χ3n) is 0. The monoisotopic (exact) mass is 284 g/mol. The van der Waals surface area contributed by atoms with E-state index in [2.05, 4.69) is 0 Å². The van der Waals surface area contributed by atoms with Gasteiger partial charge in [-0.15, -0.1) is 0 Å². The molecule has 6 heavy (non-hydrogen) atoms. The van der Waals surface area contributed by atoms with Crippen molar-refractivity contribution < 1.29 is 56.4 Å². The van der Waals surface area contributed by atoms with E-state index in [-0.39, 0.29) is 40.4 Å². The topological polar surface area (TPSA) is 86.2 Å². The zero-order chi connectivity index (χ0) is 4.50. The van der Waals surface area contributed by atoms with Crippen LogP contribution in [0.3, 0.4) is 0 Å². The van der Waals surface area contributed by atoms with E-state index in [4.69, 9.17) is 16.0 Å². The van der Waals surface area contributed by atoms with Crippen LogP contribution in [0.5, 0.6) is 0 Å². The molecule has 0 unspecified atom stereocenters. The van der Waals surface area contributed by atoms with Crippen molar-refractivity contribution in [1.29, 1.82) is 0 Å². The van der Waals surface area contributed by atoms with Crippen molar-refractivity contribution >= 4 is 14.5 Å². The summed E-state index contributed by atoms with van der Waals surface area (Å²) >= 11 is -5.88. The van der Waals surface area contributed by atoms with E-state index in [0.29, 0.717) is 0 Å². The van der Waals surface area contributed by atoms with Crippen molar-refractivity contribution in [3.63, 3.8) is 0 Å². The molecular weight excluding hydrogens is 284 g/mol. The first kappa shape index (κ1) is 10.5. The fourth-order valence-corrected chi connectivity index (χ4v) is 0. The first-order valence-corrected chi connectivity index (χ1v) is 3.79. The van der Waals surface area contributed by atoms with Crippen LogP contribution in [0, 0.1) is 40.4 Å². The molecule has 0 aromatic heterocycles. The Labute approximate surface area is 70.0 Å². The smallest absolute Gasteiger partial charge is 0 e. The molecule has 0 rings (SSSR count). The second-order valence-corrected chi connectivity index (χ2v) is 2.32.